The highest BCUT2D eigenvalue weighted by Crippen LogP contribution is 2.13. The number of hydrogen-bond acceptors (Lipinski definition) is 4. The molecule has 3 rings (SSSR count). The van der Waals surface area contributed by atoms with E-state index in [0.29, 0.717) is 11.3 Å². The maximum Gasteiger partial charge on any atom is 0.291 e. The zero-order valence-electron chi connectivity index (χ0n) is 13.6. The van der Waals surface area contributed by atoms with Gasteiger partial charge in [0.25, 0.3) is 11.8 Å². The highest BCUT2D eigenvalue weighted by molar-refractivity contribution is 6.02. The average molecular weight is 335 g/mol. The summed E-state index contributed by atoms with van der Waals surface area (Å²) >= 11 is 0. The van der Waals surface area contributed by atoms with Gasteiger partial charge in [0, 0.05) is 18.3 Å². The molecule has 0 aliphatic rings. The van der Waals surface area contributed by atoms with E-state index in [9.17, 15) is 9.59 Å². The fourth-order valence-corrected chi connectivity index (χ4v) is 2.24. The van der Waals surface area contributed by atoms with Gasteiger partial charge in [0.15, 0.2) is 5.76 Å². The van der Waals surface area contributed by atoms with Gasteiger partial charge in [0.05, 0.1) is 12.0 Å². The molecule has 0 radical (unpaired) electrons. The Hall–Kier alpha value is -3.54. The Labute approximate surface area is 145 Å². The molecule has 0 atom stereocenters. The van der Waals surface area contributed by atoms with Crippen LogP contribution in [-0.2, 0) is 0 Å². The molecule has 0 aliphatic heterocycles. The van der Waals surface area contributed by atoms with Gasteiger partial charge >= 0.3 is 0 Å². The molecule has 1 heterocycles. The van der Waals surface area contributed by atoms with Crippen LogP contribution < -0.4 is 15.8 Å². The molecule has 25 heavy (non-hydrogen) atoms. The number of carbonyl (C=O) groups is 2. The minimum Gasteiger partial charge on any atom is -0.459 e. The molecule has 126 valence electrons. The number of carbonyl (C=O) groups excluding carboxylic acids is 2. The molecule has 2 amide bonds. The van der Waals surface area contributed by atoms with Gasteiger partial charge < -0.3 is 9.73 Å². The molecule has 0 saturated heterocycles. The second-order valence-electron chi connectivity index (χ2n) is 5.34. The third-order valence-electron chi connectivity index (χ3n) is 3.56. The van der Waals surface area contributed by atoms with Crippen LogP contribution in [-0.4, -0.2) is 18.9 Å². The summed E-state index contributed by atoms with van der Waals surface area (Å²) in [6, 6.07) is 19.3. The van der Waals surface area contributed by atoms with Crippen LogP contribution in [0.3, 0.4) is 0 Å². The van der Waals surface area contributed by atoms with Gasteiger partial charge in [-0.1, -0.05) is 18.2 Å². The lowest BCUT2D eigenvalue weighted by Gasteiger charge is -2.20. The Morgan fingerprint density at radius 2 is 1.60 bits per heavy atom. The van der Waals surface area contributed by atoms with E-state index in [1.165, 1.54) is 6.26 Å². The molecule has 0 fully saturated rings. The van der Waals surface area contributed by atoms with Crippen LogP contribution >= 0.6 is 0 Å². The van der Waals surface area contributed by atoms with Gasteiger partial charge in [-0.15, -0.1) is 0 Å². The van der Waals surface area contributed by atoms with E-state index < -0.39 is 0 Å². The Morgan fingerprint density at radius 1 is 0.880 bits per heavy atom. The summed E-state index contributed by atoms with van der Waals surface area (Å²) in [5, 5.41) is 4.35. The molecule has 0 bridgehead atoms. The van der Waals surface area contributed by atoms with Crippen LogP contribution in [0.1, 0.15) is 20.9 Å². The predicted octanol–water partition coefficient (Wildman–Crippen LogP) is 3.31. The fourth-order valence-electron chi connectivity index (χ4n) is 2.24. The van der Waals surface area contributed by atoms with E-state index in [1.54, 1.807) is 48.5 Å². The van der Waals surface area contributed by atoms with Crippen LogP contribution in [0.2, 0.25) is 0 Å². The number of anilines is 2. The van der Waals surface area contributed by atoms with Crippen molar-refractivity contribution >= 4 is 23.2 Å². The number of nitrogens with one attached hydrogen (secondary N) is 2. The molecule has 6 heteroatoms. The average Bonchev–Trinajstić information content (AvgIpc) is 3.18. The van der Waals surface area contributed by atoms with E-state index in [0.717, 1.165) is 5.69 Å². The number of rotatable bonds is 5. The number of benzene rings is 2. The van der Waals surface area contributed by atoms with Crippen molar-refractivity contribution in [1.82, 2.24) is 5.43 Å². The highest BCUT2D eigenvalue weighted by Gasteiger charge is 2.11. The summed E-state index contributed by atoms with van der Waals surface area (Å²) in [6.45, 7) is 0. The van der Waals surface area contributed by atoms with E-state index >= 15 is 0 Å². The second-order valence-corrected chi connectivity index (χ2v) is 5.34. The van der Waals surface area contributed by atoms with Crippen LogP contribution in [0.25, 0.3) is 0 Å². The van der Waals surface area contributed by atoms with Crippen molar-refractivity contribution in [2.75, 3.05) is 17.4 Å². The Morgan fingerprint density at radius 3 is 2.24 bits per heavy atom. The lowest BCUT2D eigenvalue weighted by molar-refractivity contribution is 0.0950. The number of nitrogens with zero attached hydrogens (tertiary/aromatic N) is 1. The molecule has 1 aromatic heterocycles. The zero-order chi connectivity index (χ0) is 17.6. The van der Waals surface area contributed by atoms with Gasteiger partial charge in [-0.25, -0.2) is 0 Å². The summed E-state index contributed by atoms with van der Waals surface area (Å²) in [6.07, 6.45) is 1.44. The van der Waals surface area contributed by atoms with Gasteiger partial charge in [-0.2, -0.15) is 0 Å². The van der Waals surface area contributed by atoms with Crippen molar-refractivity contribution in [2.24, 2.45) is 0 Å². The third kappa shape index (κ3) is 4.06. The smallest absolute Gasteiger partial charge is 0.291 e. The molecule has 6 nitrogen and oxygen atoms in total. The monoisotopic (exact) mass is 335 g/mol. The minimum absolute atomic E-state index is 0.228. The molecule has 0 saturated carbocycles. The Bertz CT molecular complexity index is 843. The van der Waals surface area contributed by atoms with Gasteiger partial charge in [-0.05, 0) is 48.5 Å². The minimum atomic E-state index is -0.342. The van der Waals surface area contributed by atoms with Crippen LogP contribution in [0.5, 0.6) is 0 Å². The lowest BCUT2D eigenvalue weighted by atomic mass is 10.2. The quantitative estimate of drug-likeness (QED) is 0.702. The molecule has 2 aromatic carbocycles. The maximum atomic E-state index is 12.3. The topological polar surface area (TPSA) is 74.6 Å². The SMILES string of the molecule is CN(NC(=O)c1ccc(NC(=O)c2ccco2)cc1)c1ccccc1. The Balaban J connectivity index is 1.61. The first kappa shape index (κ1) is 16.3. The van der Waals surface area contributed by atoms with Gasteiger partial charge in [-0.3, -0.25) is 20.0 Å². The molecule has 0 aliphatic carbocycles. The predicted molar refractivity (Wildman–Crippen MR) is 95.4 cm³/mol. The summed E-state index contributed by atoms with van der Waals surface area (Å²) in [5.74, 6) is -0.354. The van der Waals surface area contributed by atoms with Gasteiger partial charge in [0.1, 0.15) is 0 Å². The van der Waals surface area contributed by atoms with Crippen molar-refractivity contribution in [3.8, 4) is 0 Å². The highest BCUT2D eigenvalue weighted by atomic mass is 16.3. The fraction of sp³-hybridized carbons (Fsp3) is 0.0526. The van der Waals surface area contributed by atoms with E-state index in [1.807, 2.05) is 30.3 Å². The summed E-state index contributed by atoms with van der Waals surface area (Å²) in [4.78, 5) is 24.2. The molecule has 3 aromatic rings. The van der Waals surface area contributed by atoms with Crippen molar-refractivity contribution in [1.29, 1.82) is 0 Å². The summed E-state index contributed by atoms with van der Waals surface area (Å²) in [5.41, 5.74) is 4.72. The second kappa shape index (κ2) is 7.35. The normalized spacial score (nSPS) is 10.1. The van der Waals surface area contributed by atoms with Crippen molar-refractivity contribution < 1.29 is 14.0 Å². The molecular formula is C19H17N3O3. The lowest BCUT2D eigenvalue weighted by Crippen LogP contribution is -2.39. The molecular weight excluding hydrogens is 318 g/mol. The number of amides is 2. The summed E-state index contributed by atoms with van der Waals surface area (Å²) in [7, 11) is 1.77. The molecule has 0 unspecified atom stereocenters. The first-order valence-electron chi connectivity index (χ1n) is 7.68. The largest absolute Gasteiger partial charge is 0.459 e. The molecule has 2 N–H and O–H groups in total. The number of para-hydroxylation sites is 1. The zero-order valence-corrected chi connectivity index (χ0v) is 13.6. The van der Waals surface area contributed by atoms with Crippen LogP contribution in [0.15, 0.2) is 77.4 Å². The van der Waals surface area contributed by atoms with Crippen molar-refractivity contribution in [2.45, 2.75) is 0 Å². The number of hydrazine groups is 1. The van der Waals surface area contributed by atoms with Crippen LogP contribution in [0, 0.1) is 0 Å². The van der Waals surface area contributed by atoms with Crippen molar-refractivity contribution in [3.05, 3.63) is 84.3 Å². The maximum absolute atomic E-state index is 12.3. The van der Waals surface area contributed by atoms with Crippen LogP contribution in [0.4, 0.5) is 11.4 Å². The Kier molecular flexibility index (Phi) is 4.80. The summed E-state index contributed by atoms with van der Waals surface area (Å²) < 4.78 is 5.03. The number of furan rings is 1. The first-order chi connectivity index (χ1) is 12.1. The molecule has 0 spiro atoms. The standard InChI is InChI=1S/C19H17N3O3/c1-22(16-6-3-2-4-7-16)21-18(23)14-9-11-15(12-10-14)20-19(24)17-8-5-13-25-17/h2-13H,1H3,(H,20,24)(H,21,23). The number of hydrogen-bond donors (Lipinski definition) is 2. The van der Waals surface area contributed by atoms with Gasteiger partial charge in [0.2, 0.25) is 0 Å². The van der Waals surface area contributed by atoms with E-state index in [2.05, 4.69) is 10.7 Å². The van der Waals surface area contributed by atoms with E-state index in [4.69, 9.17) is 4.42 Å². The van der Waals surface area contributed by atoms with E-state index in [-0.39, 0.29) is 17.6 Å². The first-order valence-corrected chi connectivity index (χ1v) is 7.68. The third-order valence-corrected chi connectivity index (χ3v) is 3.56. The van der Waals surface area contributed by atoms with Crippen molar-refractivity contribution in [3.63, 3.8) is 0 Å².